The Hall–Kier alpha value is -3.53. The average molecular weight is 440 g/mol. The summed E-state index contributed by atoms with van der Waals surface area (Å²) in [7, 11) is 0. The zero-order chi connectivity index (χ0) is 22.2. The fraction of sp³-hybridized carbons (Fsp3) is 0.318. The van der Waals surface area contributed by atoms with Crippen LogP contribution < -0.4 is 15.0 Å². The number of morpholine rings is 1. The van der Waals surface area contributed by atoms with Crippen LogP contribution in [0.4, 0.5) is 26.2 Å². The number of benzene rings is 1. The Labute approximate surface area is 183 Å². The van der Waals surface area contributed by atoms with Crippen molar-refractivity contribution < 1.29 is 18.3 Å². The number of aromatic amines is 1. The van der Waals surface area contributed by atoms with Crippen LogP contribution in [-0.2, 0) is 11.2 Å². The zero-order valence-corrected chi connectivity index (χ0v) is 17.7. The van der Waals surface area contributed by atoms with E-state index < -0.39 is 11.6 Å². The number of anilines is 3. The minimum Gasteiger partial charge on any atom is -0.421 e. The lowest BCUT2D eigenvalue weighted by molar-refractivity contribution is 0.122. The average Bonchev–Trinajstić information content (AvgIpc) is 3.38. The zero-order valence-electron chi connectivity index (χ0n) is 17.7. The molecule has 3 heterocycles. The molecule has 1 aromatic carbocycles. The fourth-order valence-corrected chi connectivity index (χ4v) is 3.83. The van der Waals surface area contributed by atoms with Gasteiger partial charge in [0.1, 0.15) is 17.5 Å². The van der Waals surface area contributed by atoms with E-state index in [0.717, 1.165) is 17.3 Å². The van der Waals surface area contributed by atoms with Crippen molar-refractivity contribution in [3.05, 3.63) is 52.2 Å². The summed E-state index contributed by atoms with van der Waals surface area (Å²) in [4.78, 5) is 10.8. The predicted octanol–water partition coefficient (Wildman–Crippen LogP) is 4.12. The van der Waals surface area contributed by atoms with Gasteiger partial charge in [-0.2, -0.15) is 15.1 Å². The third kappa shape index (κ3) is 4.01. The van der Waals surface area contributed by atoms with Crippen molar-refractivity contribution >= 4 is 23.5 Å². The highest BCUT2D eigenvalue weighted by molar-refractivity contribution is 5.66. The second kappa shape index (κ2) is 8.19. The summed E-state index contributed by atoms with van der Waals surface area (Å²) in [6.45, 7) is 6.14. The van der Waals surface area contributed by atoms with E-state index in [1.54, 1.807) is 12.1 Å². The summed E-state index contributed by atoms with van der Waals surface area (Å²) in [6, 6.07) is 4.53. The molecule has 1 aliphatic carbocycles. The summed E-state index contributed by atoms with van der Waals surface area (Å²) < 4.78 is 40.7. The van der Waals surface area contributed by atoms with Gasteiger partial charge in [-0.3, -0.25) is 5.10 Å². The summed E-state index contributed by atoms with van der Waals surface area (Å²) in [5.41, 5.74) is 2.32. The molecule has 3 aromatic rings. The number of nitrogens with one attached hydrogen (secondary N) is 2. The fourth-order valence-electron chi connectivity index (χ4n) is 3.83. The molecule has 32 heavy (non-hydrogen) atoms. The highest BCUT2D eigenvalue weighted by Gasteiger charge is 2.24. The second-order valence-electron chi connectivity index (χ2n) is 7.89. The van der Waals surface area contributed by atoms with Crippen molar-refractivity contribution in [1.82, 2.24) is 20.2 Å². The van der Waals surface area contributed by atoms with Gasteiger partial charge in [0, 0.05) is 48.1 Å². The van der Waals surface area contributed by atoms with Crippen LogP contribution in [0.1, 0.15) is 23.7 Å². The van der Waals surface area contributed by atoms with E-state index in [-0.39, 0.29) is 17.3 Å². The number of nitrogens with zero attached hydrogens (tertiary/aromatic N) is 4. The molecule has 8 nitrogen and oxygen atoms in total. The van der Waals surface area contributed by atoms with Gasteiger partial charge in [-0.1, -0.05) is 11.6 Å². The van der Waals surface area contributed by atoms with Crippen LogP contribution in [0.3, 0.4) is 0 Å². The molecular weight excluding hydrogens is 418 g/mol. The van der Waals surface area contributed by atoms with Gasteiger partial charge in [0.05, 0.1) is 13.2 Å². The summed E-state index contributed by atoms with van der Waals surface area (Å²) in [5, 5.41) is 10.1. The van der Waals surface area contributed by atoms with Gasteiger partial charge in [-0.05, 0) is 20.3 Å². The van der Waals surface area contributed by atoms with Crippen LogP contribution in [0.2, 0.25) is 0 Å². The predicted molar refractivity (Wildman–Crippen MR) is 115 cm³/mol. The maximum absolute atomic E-state index is 15.1. The molecule has 2 N–H and O–H groups in total. The van der Waals surface area contributed by atoms with Gasteiger partial charge in [0.2, 0.25) is 0 Å². The number of aryl methyl sites for hydroxylation is 1. The molecule has 1 saturated heterocycles. The Morgan fingerprint density at radius 2 is 1.91 bits per heavy atom. The second-order valence-corrected chi connectivity index (χ2v) is 7.89. The first-order valence-electron chi connectivity index (χ1n) is 10.3. The molecule has 0 saturated carbocycles. The van der Waals surface area contributed by atoms with Gasteiger partial charge in [-0.15, -0.1) is 0 Å². The monoisotopic (exact) mass is 440 g/mol. The summed E-state index contributed by atoms with van der Waals surface area (Å²) in [6.07, 6.45) is 2.02. The van der Waals surface area contributed by atoms with E-state index in [1.807, 2.05) is 24.8 Å². The van der Waals surface area contributed by atoms with Crippen molar-refractivity contribution in [3.8, 4) is 11.8 Å². The first kappa shape index (κ1) is 20.4. The number of allylic oxidation sites excluding steroid dienone is 1. The lowest BCUT2D eigenvalue weighted by atomic mass is 10.1. The maximum Gasteiger partial charge on any atom is 0.326 e. The lowest BCUT2D eigenvalue weighted by Crippen LogP contribution is -2.36. The highest BCUT2D eigenvalue weighted by atomic mass is 19.1. The van der Waals surface area contributed by atoms with Crippen molar-refractivity contribution in [2.75, 3.05) is 36.5 Å². The van der Waals surface area contributed by atoms with Crippen molar-refractivity contribution in [2.24, 2.45) is 0 Å². The number of aromatic nitrogens is 4. The van der Waals surface area contributed by atoms with Gasteiger partial charge < -0.3 is 19.7 Å². The molecule has 0 radical (unpaired) electrons. The minimum absolute atomic E-state index is 0.0966. The standard InChI is InChI=1S/C22H22F2N6O2/c1-12-7-14-15(8-12)21(24)17(10-16(14)23)32-22-26-18(25-19-9-13(2)28-29-19)11-20(27-22)30-3-5-31-6-4-30/h8-11H,3-7H2,1-2H3,(H2,25,26,27,28,29). The first-order chi connectivity index (χ1) is 15.5. The molecule has 5 rings (SSSR count). The maximum atomic E-state index is 15.1. The Morgan fingerprint density at radius 1 is 1.09 bits per heavy atom. The van der Waals surface area contributed by atoms with Gasteiger partial charge in [0.25, 0.3) is 0 Å². The van der Waals surface area contributed by atoms with Crippen LogP contribution in [0.25, 0.3) is 6.08 Å². The normalized spacial score (nSPS) is 15.5. The molecule has 0 amide bonds. The van der Waals surface area contributed by atoms with Crippen LogP contribution in [0.5, 0.6) is 11.8 Å². The molecule has 0 bridgehead atoms. The van der Waals surface area contributed by atoms with E-state index in [2.05, 4.69) is 25.5 Å². The smallest absolute Gasteiger partial charge is 0.326 e. The van der Waals surface area contributed by atoms with E-state index in [1.165, 1.54) is 0 Å². The number of rotatable bonds is 5. The topological polar surface area (TPSA) is 88.2 Å². The molecule has 0 atom stereocenters. The van der Waals surface area contributed by atoms with Crippen LogP contribution in [0.15, 0.2) is 23.8 Å². The van der Waals surface area contributed by atoms with Crippen molar-refractivity contribution in [3.63, 3.8) is 0 Å². The Kier molecular flexibility index (Phi) is 5.22. The number of ether oxygens (including phenoxy) is 2. The van der Waals surface area contributed by atoms with Gasteiger partial charge in [0.15, 0.2) is 17.4 Å². The minimum atomic E-state index is -0.629. The molecule has 1 aliphatic heterocycles. The first-order valence-corrected chi connectivity index (χ1v) is 10.3. The van der Waals surface area contributed by atoms with Crippen molar-refractivity contribution in [2.45, 2.75) is 20.3 Å². The summed E-state index contributed by atoms with van der Waals surface area (Å²) in [5.74, 6) is 0.171. The lowest BCUT2D eigenvalue weighted by Gasteiger charge is -2.28. The van der Waals surface area contributed by atoms with Crippen LogP contribution in [-0.4, -0.2) is 46.5 Å². The third-order valence-corrected chi connectivity index (χ3v) is 5.36. The van der Waals surface area contributed by atoms with Crippen molar-refractivity contribution in [1.29, 1.82) is 0 Å². The van der Waals surface area contributed by atoms with Gasteiger partial charge >= 0.3 is 6.01 Å². The highest BCUT2D eigenvalue weighted by Crippen LogP contribution is 2.36. The molecule has 10 heteroatoms. The largest absolute Gasteiger partial charge is 0.421 e. The number of H-pyrrole nitrogens is 1. The number of halogens is 2. The number of fused-ring (bicyclic) bond motifs is 1. The van der Waals surface area contributed by atoms with E-state index in [0.29, 0.717) is 55.7 Å². The Balaban J connectivity index is 1.51. The van der Waals surface area contributed by atoms with Gasteiger partial charge in [-0.25, -0.2) is 8.78 Å². The molecule has 1 fully saturated rings. The molecular formula is C22H22F2N6O2. The van der Waals surface area contributed by atoms with Crippen LogP contribution in [0, 0.1) is 18.6 Å². The van der Waals surface area contributed by atoms with E-state index in [4.69, 9.17) is 9.47 Å². The molecule has 0 unspecified atom stereocenters. The Morgan fingerprint density at radius 3 is 2.66 bits per heavy atom. The van der Waals surface area contributed by atoms with Crippen LogP contribution >= 0.6 is 0 Å². The Bertz CT molecular complexity index is 1200. The molecule has 2 aliphatic rings. The third-order valence-electron chi connectivity index (χ3n) is 5.36. The molecule has 166 valence electrons. The number of hydrogen-bond acceptors (Lipinski definition) is 7. The molecule has 0 spiro atoms. The van der Waals surface area contributed by atoms with E-state index >= 15 is 4.39 Å². The van der Waals surface area contributed by atoms with E-state index in [9.17, 15) is 4.39 Å². The quantitative estimate of drug-likeness (QED) is 0.617. The number of hydrogen-bond donors (Lipinski definition) is 2. The SMILES string of the molecule is CC1=Cc2c(F)c(Oc3nc(Nc4cc(C)[nH]n4)cc(N4CCOCC4)n3)cc(F)c2C1. The molecule has 2 aromatic heterocycles. The summed E-state index contributed by atoms with van der Waals surface area (Å²) >= 11 is 0.